The minimum atomic E-state index is -4.58. The van der Waals surface area contributed by atoms with Crippen LogP contribution in [-0.2, 0) is 19.6 Å². The molecule has 4 aromatic rings. The molecule has 5 rings (SSSR count). The maximum atomic E-state index is 13.2. The zero-order chi connectivity index (χ0) is 24.0. The van der Waals surface area contributed by atoms with Crippen molar-refractivity contribution in [3.05, 3.63) is 59.7 Å². The lowest BCUT2D eigenvalue weighted by atomic mass is 10.0. The fourth-order valence-corrected chi connectivity index (χ4v) is 4.34. The second-order valence-corrected chi connectivity index (χ2v) is 8.47. The minimum absolute atomic E-state index is 0.0320. The summed E-state index contributed by atoms with van der Waals surface area (Å²) in [5.41, 5.74) is 0.822. The molecule has 0 unspecified atom stereocenters. The van der Waals surface area contributed by atoms with Gasteiger partial charge in [0.25, 0.3) is 0 Å². The summed E-state index contributed by atoms with van der Waals surface area (Å²) in [5, 5.41) is 8.64. The third-order valence-electron chi connectivity index (χ3n) is 6.08. The van der Waals surface area contributed by atoms with Gasteiger partial charge in [-0.1, -0.05) is 6.07 Å². The van der Waals surface area contributed by atoms with Crippen LogP contribution in [0.4, 0.5) is 19.1 Å². The molecule has 0 amide bonds. The number of carbonyl (C=O) groups is 1. The Morgan fingerprint density at radius 3 is 2.76 bits per heavy atom. The number of nitrogens with zero attached hydrogens (tertiary/aromatic N) is 7. The van der Waals surface area contributed by atoms with Crippen LogP contribution in [0.2, 0.25) is 0 Å². The number of carbonyl (C=O) groups excluding carboxylic acids is 1. The highest BCUT2D eigenvalue weighted by molar-refractivity contribution is 6.01. The molecule has 4 aromatic heterocycles. The van der Waals surface area contributed by atoms with Crippen LogP contribution in [0.1, 0.15) is 41.5 Å². The van der Waals surface area contributed by atoms with Gasteiger partial charge in [0.1, 0.15) is 11.4 Å². The van der Waals surface area contributed by atoms with E-state index in [-0.39, 0.29) is 29.2 Å². The topological polar surface area (TPSA) is 81.2 Å². The van der Waals surface area contributed by atoms with Crippen LogP contribution in [0, 0.1) is 0 Å². The van der Waals surface area contributed by atoms with Crippen molar-refractivity contribution in [2.24, 2.45) is 7.05 Å². The van der Waals surface area contributed by atoms with Crippen molar-refractivity contribution in [1.29, 1.82) is 0 Å². The predicted octanol–water partition coefficient (Wildman–Crippen LogP) is 3.96. The summed E-state index contributed by atoms with van der Waals surface area (Å²) in [7, 11) is 1.58. The van der Waals surface area contributed by atoms with Crippen LogP contribution in [0.5, 0.6) is 0 Å². The maximum absolute atomic E-state index is 13.2. The molecule has 0 N–H and O–H groups in total. The van der Waals surface area contributed by atoms with Crippen molar-refractivity contribution in [3.8, 4) is 11.3 Å². The summed E-state index contributed by atoms with van der Waals surface area (Å²) in [6, 6.07) is 7.57. The number of Topliss-reactive ketones (excluding diaryl/α,β-unsaturated/α-hetero) is 1. The van der Waals surface area contributed by atoms with Crippen molar-refractivity contribution in [3.63, 3.8) is 0 Å². The average Bonchev–Trinajstić information content (AvgIpc) is 3.50. The molecule has 1 saturated heterocycles. The van der Waals surface area contributed by atoms with Gasteiger partial charge in [0, 0.05) is 37.8 Å². The van der Waals surface area contributed by atoms with Crippen LogP contribution in [-0.4, -0.2) is 47.7 Å². The Morgan fingerprint density at radius 1 is 1.21 bits per heavy atom. The molecule has 176 valence electrons. The Morgan fingerprint density at radius 2 is 2.03 bits per heavy atom. The van der Waals surface area contributed by atoms with Crippen LogP contribution < -0.4 is 4.90 Å². The van der Waals surface area contributed by atoms with Crippen LogP contribution in [0.25, 0.3) is 16.9 Å². The fraction of sp³-hybridized carbons (Fsp3) is 0.348. The Labute approximate surface area is 193 Å². The molecule has 0 spiro atoms. The Balaban J connectivity index is 1.42. The van der Waals surface area contributed by atoms with E-state index >= 15 is 0 Å². The van der Waals surface area contributed by atoms with Gasteiger partial charge in [-0.15, -0.1) is 5.10 Å². The van der Waals surface area contributed by atoms with E-state index in [4.69, 9.17) is 0 Å². The Bertz CT molecular complexity index is 1370. The SMILES string of the molecule is C[C@H]1CCCN1c1nc2cc(CC(=O)c3c(-c4cccc(C(F)(F)F)n4)cnn3C)ccn2n1. The first-order valence-electron chi connectivity index (χ1n) is 10.9. The molecule has 11 heteroatoms. The van der Waals surface area contributed by atoms with Crippen LogP contribution in [0.15, 0.2) is 42.7 Å². The van der Waals surface area contributed by atoms with E-state index in [0.29, 0.717) is 17.6 Å². The molecule has 0 aliphatic carbocycles. The van der Waals surface area contributed by atoms with Gasteiger partial charge in [-0.05, 0) is 49.6 Å². The summed E-state index contributed by atoms with van der Waals surface area (Å²) in [4.78, 5) is 23.7. The highest BCUT2D eigenvalue weighted by Gasteiger charge is 2.33. The molecule has 34 heavy (non-hydrogen) atoms. The number of hydrogen-bond donors (Lipinski definition) is 0. The lowest BCUT2D eigenvalue weighted by Crippen LogP contribution is -2.27. The third kappa shape index (κ3) is 4.02. The molecule has 0 saturated carbocycles. The lowest BCUT2D eigenvalue weighted by molar-refractivity contribution is -0.141. The lowest BCUT2D eigenvalue weighted by Gasteiger charge is -2.18. The first-order chi connectivity index (χ1) is 16.2. The molecule has 5 heterocycles. The van der Waals surface area contributed by atoms with Gasteiger partial charge < -0.3 is 4.90 Å². The zero-order valence-electron chi connectivity index (χ0n) is 18.6. The van der Waals surface area contributed by atoms with Gasteiger partial charge in [0.05, 0.1) is 11.9 Å². The summed E-state index contributed by atoms with van der Waals surface area (Å²) >= 11 is 0. The van der Waals surface area contributed by atoms with Gasteiger partial charge in [-0.3, -0.25) is 9.48 Å². The molecule has 8 nitrogen and oxygen atoms in total. The van der Waals surface area contributed by atoms with E-state index < -0.39 is 11.9 Å². The molecule has 1 aliphatic heterocycles. The van der Waals surface area contributed by atoms with Crippen molar-refractivity contribution in [2.75, 3.05) is 11.4 Å². The number of rotatable bonds is 5. The maximum Gasteiger partial charge on any atom is 0.433 e. The highest BCUT2D eigenvalue weighted by atomic mass is 19.4. The Hall–Kier alpha value is -3.76. The van der Waals surface area contributed by atoms with E-state index in [1.54, 1.807) is 29.9 Å². The number of aryl methyl sites for hydroxylation is 1. The standard InChI is InChI=1S/C23H22F3N7O/c1-14-5-4-9-32(14)22-29-20-12-15(8-10-33(20)30-22)11-18(34)21-16(13-27-31(21)2)17-6-3-7-19(28-17)23(24,25)26/h3,6-8,10,12-14H,4-5,9,11H2,1-2H3/t14-/m0/s1. The molecule has 0 bridgehead atoms. The number of aromatic nitrogens is 6. The summed E-state index contributed by atoms with van der Waals surface area (Å²) in [5.74, 6) is 0.379. The number of halogens is 3. The number of fused-ring (bicyclic) bond motifs is 1. The number of anilines is 1. The third-order valence-corrected chi connectivity index (χ3v) is 6.08. The van der Waals surface area contributed by atoms with E-state index in [2.05, 4.69) is 32.0 Å². The van der Waals surface area contributed by atoms with Crippen molar-refractivity contribution in [1.82, 2.24) is 29.4 Å². The molecular formula is C23H22F3N7O. The largest absolute Gasteiger partial charge is 0.433 e. The molecule has 0 aromatic carbocycles. The van der Waals surface area contributed by atoms with Crippen molar-refractivity contribution >= 4 is 17.4 Å². The fourth-order valence-electron chi connectivity index (χ4n) is 4.34. The second-order valence-electron chi connectivity index (χ2n) is 8.47. The average molecular weight is 469 g/mol. The molecule has 1 aliphatic rings. The van der Waals surface area contributed by atoms with Crippen molar-refractivity contribution < 1.29 is 18.0 Å². The molecule has 0 radical (unpaired) electrons. The number of pyridine rings is 2. The number of alkyl halides is 3. The number of ketones is 1. The van der Waals surface area contributed by atoms with E-state index in [1.165, 1.54) is 23.0 Å². The van der Waals surface area contributed by atoms with Gasteiger partial charge in [0.15, 0.2) is 11.4 Å². The normalized spacial score (nSPS) is 16.5. The summed E-state index contributed by atoms with van der Waals surface area (Å²) in [6.45, 7) is 3.06. The van der Waals surface area contributed by atoms with E-state index in [1.807, 2.05) is 0 Å². The number of hydrogen-bond acceptors (Lipinski definition) is 6. The quantitative estimate of drug-likeness (QED) is 0.412. The van der Waals surface area contributed by atoms with Gasteiger partial charge in [-0.25, -0.2) is 9.50 Å². The molecular weight excluding hydrogens is 447 g/mol. The van der Waals surface area contributed by atoms with Gasteiger partial charge in [-0.2, -0.15) is 23.3 Å². The first-order valence-corrected chi connectivity index (χ1v) is 10.9. The van der Waals surface area contributed by atoms with Gasteiger partial charge >= 0.3 is 6.18 Å². The monoisotopic (exact) mass is 469 g/mol. The highest BCUT2D eigenvalue weighted by Crippen LogP contribution is 2.31. The predicted molar refractivity (Wildman–Crippen MR) is 119 cm³/mol. The molecule has 1 atom stereocenters. The minimum Gasteiger partial charge on any atom is -0.337 e. The van der Waals surface area contributed by atoms with Crippen LogP contribution >= 0.6 is 0 Å². The van der Waals surface area contributed by atoms with E-state index in [0.717, 1.165) is 31.0 Å². The summed E-state index contributed by atoms with van der Waals surface area (Å²) < 4.78 is 42.4. The molecule has 1 fully saturated rings. The van der Waals surface area contributed by atoms with Crippen LogP contribution in [0.3, 0.4) is 0 Å². The zero-order valence-corrected chi connectivity index (χ0v) is 18.6. The first kappa shape index (κ1) is 22.1. The van der Waals surface area contributed by atoms with Crippen molar-refractivity contribution in [2.45, 2.75) is 38.4 Å². The summed E-state index contributed by atoms with van der Waals surface area (Å²) in [6.07, 6.45) is 0.772. The Kier molecular flexibility index (Phi) is 5.34. The van der Waals surface area contributed by atoms with Gasteiger partial charge in [0.2, 0.25) is 5.95 Å². The van der Waals surface area contributed by atoms with E-state index in [9.17, 15) is 18.0 Å². The smallest absolute Gasteiger partial charge is 0.337 e. The second kappa shape index (κ2) is 8.23.